The number of aliphatic hydroxyl groups excluding tert-OH is 4. The quantitative estimate of drug-likeness (QED) is 0.0334. The molecular weight excluding hydrogens is 769 g/mol. The van der Waals surface area contributed by atoms with Gasteiger partial charge < -0.3 is 40.3 Å². The number of benzene rings is 1. The normalized spacial score (nSPS) is 37.1. The zero-order valence-electron chi connectivity index (χ0n) is 37.4. The van der Waals surface area contributed by atoms with E-state index in [1.807, 2.05) is 27.0 Å². The summed E-state index contributed by atoms with van der Waals surface area (Å²) in [6.45, 7) is 11.9. The third-order valence-electron chi connectivity index (χ3n) is 15.8. The molecule has 6 bridgehead atoms. The van der Waals surface area contributed by atoms with Gasteiger partial charge >= 0.3 is 0 Å². The van der Waals surface area contributed by atoms with E-state index in [0.717, 1.165) is 47.8 Å². The smallest absolute Gasteiger partial charge is 0.145 e. The van der Waals surface area contributed by atoms with Crippen LogP contribution in [0.2, 0.25) is 0 Å². The van der Waals surface area contributed by atoms with Gasteiger partial charge in [0.2, 0.25) is 0 Å². The van der Waals surface area contributed by atoms with Gasteiger partial charge in [-0.05, 0) is 150 Å². The summed E-state index contributed by atoms with van der Waals surface area (Å²) in [6, 6.07) is 8.68. The summed E-state index contributed by atoms with van der Waals surface area (Å²) >= 11 is 0. The minimum atomic E-state index is -1.25. The Kier molecular flexibility index (Phi) is 15.4. The summed E-state index contributed by atoms with van der Waals surface area (Å²) in [5, 5.41) is 64.8. The van der Waals surface area contributed by atoms with Crippen LogP contribution in [0.4, 0.5) is 0 Å². The van der Waals surface area contributed by atoms with Crippen LogP contribution >= 0.6 is 0 Å². The average molecular weight is 843 g/mol. The van der Waals surface area contributed by atoms with Crippen LogP contribution in [0.25, 0.3) is 0 Å². The van der Waals surface area contributed by atoms with E-state index in [9.17, 15) is 30.3 Å². The third kappa shape index (κ3) is 8.79. The molecule has 10 heteroatoms. The van der Waals surface area contributed by atoms with Crippen molar-refractivity contribution in [3.63, 3.8) is 0 Å². The molecule has 5 aliphatic rings. The van der Waals surface area contributed by atoms with Gasteiger partial charge in [0.25, 0.3) is 0 Å². The number of hydrogen-bond acceptors (Lipinski definition) is 10. The summed E-state index contributed by atoms with van der Waals surface area (Å²) in [5.41, 5.74) is 2.76. The van der Waals surface area contributed by atoms with E-state index in [4.69, 9.17) is 9.47 Å². The monoisotopic (exact) mass is 843 g/mol. The van der Waals surface area contributed by atoms with Crippen molar-refractivity contribution in [2.24, 2.45) is 34.0 Å². The second-order valence-corrected chi connectivity index (χ2v) is 19.2. The molecule has 61 heavy (non-hydrogen) atoms. The number of carbonyl (C=O) groups is 1. The minimum Gasteiger partial charge on any atom is -0.396 e. The highest BCUT2D eigenvalue weighted by Crippen LogP contribution is 2.80. The Bertz CT molecular complexity index is 1890. The molecule has 1 aromatic carbocycles. The number of nitrogens with one attached hydrogen (secondary N) is 2. The Morgan fingerprint density at radius 1 is 1.07 bits per heavy atom. The van der Waals surface area contributed by atoms with Crippen LogP contribution in [0.3, 0.4) is 0 Å². The van der Waals surface area contributed by atoms with Crippen LogP contribution < -0.4 is 10.6 Å². The number of fused-ring (bicyclic) bond motifs is 4. The molecule has 0 aromatic heterocycles. The van der Waals surface area contributed by atoms with Gasteiger partial charge in [0, 0.05) is 48.0 Å². The number of methoxy groups -OCH3 is 1. The van der Waals surface area contributed by atoms with Gasteiger partial charge in [-0.3, -0.25) is 10.1 Å². The van der Waals surface area contributed by atoms with Crippen LogP contribution in [0, 0.1) is 34.0 Å². The maximum atomic E-state index is 13.3. The maximum Gasteiger partial charge on any atom is 0.145 e. The molecular formula is C51H74N2O8. The summed E-state index contributed by atoms with van der Waals surface area (Å²) in [5.74, 6) is -0.245. The standard InChI is InChI=1S/C51H74N2O8/c1-35(40-14-13-36(2)45(57)53-47(4,23-27-60-6)31-39-11-8-10-38(29-39)30-40)9-7-12-43(34-61-28-26-55)48-18-20-50-42(17-25-54)16-15-41(44(50)37(3)33-56)32-49(59,22-24-52-5)51(50,21-19-48)46(48)58/h7-13,15-16,29,33,40-42,45-46,52-55,57-59H,1,14,17-28,30-32,34H2,2-6H3. The largest absolute Gasteiger partial charge is 0.396 e. The van der Waals surface area contributed by atoms with E-state index in [0.29, 0.717) is 70.1 Å². The number of ether oxygens (including phenoxy) is 2. The fourth-order valence-corrected chi connectivity index (χ4v) is 12.9. The summed E-state index contributed by atoms with van der Waals surface area (Å²) in [4.78, 5) is 12.7. The van der Waals surface area contributed by atoms with Crippen LogP contribution in [0.15, 0.2) is 95.2 Å². The van der Waals surface area contributed by atoms with E-state index < -0.39 is 34.2 Å². The molecule has 7 N–H and O–H groups in total. The molecule has 0 radical (unpaired) electrons. The SMILES string of the molecule is C=C(C=CC=C(COCCO)C12CCC34C(=C(C)C=O)C(C=CC3CCO)CC(O)(CCNC)C4(CC1)C2O)C1CC=C(C)C(O)NC(C)(CCOC)Cc2cccc(c2)C1. The summed E-state index contributed by atoms with van der Waals surface area (Å²) in [6.07, 6.45) is 18.4. The molecule has 2 spiro atoms. The summed E-state index contributed by atoms with van der Waals surface area (Å²) in [7, 11) is 3.58. The highest BCUT2D eigenvalue weighted by Gasteiger charge is 2.79. The molecule has 10 unspecified atom stereocenters. The van der Waals surface area contributed by atoms with Crippen molar-refractivity contribution in [1.82, 2.24) is 10.6 Å². The number of hydrogen-bond donors (Lipinski definition) is 7. The average Bonchev–Trinajstić information content (AvgIpc) is 3.44. The molecule has 0 saturated heterocycles. The molecule has 336 valence electrons. The zero-order chi connectivity index (χ0) is 44.1. The Morgan fingerprint density at radius 2 is 1.84 bits per heavy atom. The van der Waals surface area contributed by atoms with Crippen molar-refractivity contribution in [1.29, 1.82) is 0 Å². The van der Waals surface area contributed by atoms with E-state index >= 15 is 0 Å². The van der Waals surface area contributed by atoms with Crippen molar-refractivity contribution < 1.29 is 39.8 Å². The third-order valence-corrected chi connectivity index (χ3v) is 15.8. The molecule has 10 nitrogen and oxygen atoms in total. The predicted octanol–water partition coefficient (Wildman–Crippen LogP) is 5.84. The van der Waals surface area contributed by atoms with Crippen LogP contribution in [0.1, 0.15) is 89.7 Å². The zero-order valence-corrected chi connectivity index (χ0v) is 37.4. The lowest BCUT2D eigenvalue weighted by atomic mass is 9.34. The molecule has 10 atom stereocenters. The van der Waals surface area contributed by atoms with Crippen molar-refractivity contribution in [3.05, 3.63) is 106 Å². The lowest BCUT2D eigenvalue weighted by Gasteiger charge is -2.71. The van der Waals surface area contributed by atoms with Crippen LogP contribution in [-0.2, 0) is 27.1 Å². The molecule has 1 aliphatic heterocycles. The number of rotatable bonds is 17. The van der Waals surface area contributed by atoms with E-state index in [1.165, 1.54) is 11.1 Å². The second kappa shape index (κ2) is 19.8. The molecule has 3 fully saturated rings. The number of aldehydes is 1. The number of carbonyl (C=O) groups excluding carboxylic acids is 1. The predicted molar refractivity (Wildman–Crippen MR) is 240 cm³/mol. The Balaban J connectivity index is 1.37. The fraction of sp³-hybridized carbons (Fsp3) is 0.627. The van der Waals surface area contributed by atoms with Crippen molar-refractivity contribution in [2.75, 3.05) is 53.7 Å². The van der Waals surface area contributed by atoms with Crippen molar-refractivity contribution in [3.8, 4) is 0 Å². The molecule has 0 amide bonds. The van der Waals surface area contributed by atoms with Gasteiger partial charge in [0.05, 0.1) is 31.5 Å². The molecule has 1 heterocycles. The maximum absolute atomic E-state index is 13.3. The molecule has 6 rings (SSSR count). The summed E-state index contributed by atoms with van der Waals surface area (Å²) < 4.78 is 11.5. The van der Waals surface area contributed by atoms with Gasteiger partial charge in [-0.25, -0.2) is 0 Å². The van der Waals surface area contributed by atoms with Crippen LogP contribution in [-0.4, -0.2) is 109 Å². The first-order valence-corrected chi connectivity index (χ1v) is 22.7. The lowest BCUT2D eigenvalue weighted by Crippen LogP contribution is -2.73. The van der Waals surface area contributed by atoms with Crippen LogP contribution in [0.5, 0.6) is 0 Å². The molecule has 1 aromatic rings. The first-order valence-electron chi connectivity index (χ1n) is 22.7. The Morgan fingerprint density at radius 3 is 2.56 bits per heavy atom. The first kappa shape index (κ1) is 47.4. The highest BCUT2D eigenvalue weighted by atomic mass is 16.5. The highest BCUT2D eigenvalue weighted by molar-refractivity contribution is 5.75. The number of allylic oxidation sites excluding steroid dienone is 9. The van der Waals surface area contributed by atoms with Gasteiger partial charge in [0.1, 0.15) is 12.5 Å². The van der Waals surface area contributed by atoms with Gasteiger partial charge in [0.15, 0.2) is 0 Å². The van der Waals surface area contributed by atoms with E-state index in [-0.39, 0.29) is 49.7 Å². The van der Waals surface area contributed by atoms with E-state index in [1.54, 1.807) is 7.11 Å². The Labute approximate surface area is 364 Å². The van der Waals surface area contributed by atoms with Crippen molar-refractivity contribution in [2.45, 2.75) is 115 Å². The first-order chi connectivity index (χ1) is 29.2. The topological polar surface area (TPSA) is 161 Å². The second-order valence-electron chi connectivity index (χ2n) is 19.2. The lowest BCUT2D eigenvalue weighted by molar-refractivity contribution is -0.256. The minimum absolute atomic E-state index is 0.0382. The van der Waals surface area contributed by atoms with Crippen molar-refractivity contribution >= 4 is 6.29 Å². The van der Waals surface area contributed by atoms with Gasteiger partial charge in [-0.2, -0.15) is 0 Å². The fourth-order valence-electron chi connectivity index (χ4n) is 12.9. The Hall–Kier alpha value is -3.03. The van der Waals surface area contributed by atoms with E-state index in [2.05, 4.69) is 78.8 Å². The number of aliphatic hydroxyl groups is 5. The molecule has 3 saturated carbocycles. The van der Waals surface area contributed by atoms with Gasteiger partial charge in [-0.1, -0.05) is 72.9 Å². The van der Waals surface area contributed by atoms with Gasteiger partial charge in [-0.15, -0.1) is 0 Å². The molecule has 4 aliphatic carbocycles.